The first-order valence-corrected chi connectivity index (χ1v) is 14.8. The maximum Gasteiger partial charge on any atom is 0.316 e. The molecule has 3 aromatic carbocycles. The van der Waals surface area contributed by atoms with Crippen LogP contribution in [0, 0.1) is 10.4 Å². The van der Waals surface area contributed by atoms with Crippen LogP contribution in [0.15, 0.2) is 72.8 Å². The fourth-order valence-electron chi connectivity index (χ4n) is 5.55. The van der Waals surface area contributed by atoms with Crippen molar-refractivity contribution in [2.24, 2.45) is 0 Å². The molecule has 44 heavy (non-hydrogen) atoms. The Morgan fingerprint density at radius 3 is 1.05 bits per heavy atom. The fraction of sp³-hybridized carbons (Fsp3) is 0.412. The highest BCUT2D eigenvalue weighted by Crippen LogP contribution is 2.41. The lowest BCUT2D eigenvalue weighted by atomic mass is 9.84. The number of benzene rings is 3. The van der Waals surface area contributed by atoms with E-state index in [2.05, 4.69) is 0 Å². The van der Waals surface area contributed by atoms with Crippen molar-refractivity contribution in [1.29, 1.82) is 0 Å². The molecule has 0 spiro atoms. The number of hydrogen-bond donors (Lipinski definition) is 0. The van der Waals surface area contributed by atoms with Gasteiger partial charge in [-0.3, -0.25) is 9.48 Å². The molecule has 232 valence electrons. The van der Waals surface area contributed by atoms with Gasteiger partial charge in [-0.15, -0.1) is 0 Å². The molecule has 10 heteroatoms. The Morgan fingerprint density at radius 1 is 0.523 bits per heavy atom. The summed E-state index contributed by atoms with van der Waals surface area (Å²) in [6.45, 7) is 14.2. The maximum atomic E-state index is 13.2. The van der Waals surface area contributed by atoms with E-state index in [0.29, 0.717) is 11.1 Å². The fourth-order valence-corrected chi connectivity index (χ4v) is 5.55. The van der Waals surface area contributed by atoms with Crippen molar-refractivity contribution in [2.75, 3.05) is 23.9 Å². The molecule has 3 aromatic rings. The van der Waals surface area contributed by atoms with Gasteiger partial charge < -0.3 is 20.2 Å². The van der Waals surface area contributed by atoms with Crippen LogP contribution < -0.4 is 9.80 Å². The van der Waals surface area contributed by atoms with E-state index < -0.39 is 22.2 Å². The summed E-state index contributed by atoms with van der Waals surface area (Å²) in [6.07, 6.45) is 0. The number of hydroxylamine groups is 6. The highest BCUT2D eigenvalue weighted by Gasteiger charge is 2.61. The van der Waals surface area contributed by atoms with Crippen molar-refractivity contribution in [3.8, 4) is 0 Å². The molecule has 2 heterocycles. The Bertz CT molecular complexity index is 1520. The average molecular weight is 599 g/mol. The van der Waals surface area contributed by atoms with Gasteiger partial charge in [-0.1, -0.05) is 10.1 Å². The topological polar surface area (TPSA) is 105 Å². The first-order valence-electron chi connectivity index (χ1n) is 14.8. The van der Waals surface area contributed by atoms with E-state index in [1.807, 2.05) is 72.4 Å². The zero-order valence-corrected chi connectivity index (χ0v) is 27.2. The van der Waals surface area contributed by atoms with E-state index in [-0.39, 0.29) is 11.7 Å². The van der Waals surface area contributed by atoms with Gasteiger partial charge in [0.05, 0.1) is 11.1 Å². The molecule has 0 saturated heterocycles. The van der Waals surface area contributed by atoms with Crippen LogP contribution in [-0.4, -0.2) is 67.5 Å². The highest BCUT2D eigenvalue weighted by molar-refractivity contribution is 5.97. The minimum atomic E-state index is -0.911. The third-order valence-electron chi connectivity index (χ3n) is 10.2. The average Bonchev–Trinajstić information content (AvgIpc) is 3.17. The molecule has 5 rings (SSSR count). The van der Waals surface area contributed by atoms with E-state index in [9.17, 15) is 20.8 Å². The van der Waals surface area contributed by atoms with Gasteiger partial charge in [-0.2, -0.15) is 0 Å². The van der Waals surface area contributed by atoms with Crippen LogP contribution in [0.3, 0.4) is 0 Å². The van der Waals surface area contributed by atoms with Gasteiger partial charge in [0.25, 0.3) is 0 Å². The van der Waals surface area contributed by atoms with Crippen LogP contribution in [-0.2, 0) is 10.4 Å². The van der Waals surface area contributed by atoms with Crippen LogP contribution in [0.2, 0.25) is 0 Å². The minimum absolute atomic E-state index is 0.0848. The van der Waals surface area contributed by atoms with Gasteiger partial charge in [0.1, 0.15) is 11.1 Å². The number of amidine groups is 2. The largest absolute Gasteiger partial charge is 0.714 e. The Balaban J connectivity index is 1.57. The SMILES string of the molecule is CN(C)c1ccc(N(c2ccc(C3=[N+]([O-])C(C)(C)C(C)(C)N3[O])cc2)c2ccc(C3=[N+]([O-])C(C)(C)C(C)(C)N3[O])cc2)cc1. The molecule has 0 aliphatic carbocycles. The number of rotatable bonds is 6. The first-order chi connectivity index (χ1) is 20.4. The molecular formula is C34H42N6O4. The second-order valence-electron chi connectivity index (χ2n) is 13.9. The Morgan fingerprint density at radius 2 is 0.795 bits per heavy atom. The molecule has 2 aliphatic heterocycles. The van der Waals surface area contributed by atoms with Crippen LogP contribution in [0.25, 0.3) is 0 Å². The van der Waals surface area contributed by atoms with Crippen molar-refractivity contribution in [2.45, 2.75) is 77.5 Å². The summed E-state index contributed by atoms with van der Waals surface area (Å²) in [5.74, 6) is 0.170. The standard InChI is InChI=1S/C34H42N6O4/c1-31(2)32(3,4)38(42)29(37(31)41)23-11-15-26(16-12-23)36(28-21-19-25(20-22-28)35(9)10)27-17-13-24(14-18-27)30-39(43)33(5,6)34(7,8)40(30)44/h11-22H,1-10H3. The van der Waals surface area contributed by atoms with Gasteiger partial charge in [-0.25, -0.2) is 0 Å². The second-order valence-corrected chi connectivity index (χ2v) is 13.9. The molecule has 0 N–H and O–H groups in total. The summed E-state index contributed by atoms with van der Waals surface area (Å²) >= 11 is 0. The zero-order chi connectivity index (χ0) is 32.6. The molecule has 0 saturated carbocycles. The van der Waals surface area contributed by atoms with Crippen molar-refractivity contribution < 1.29 is 19.9 Å². The lowest BCUT2D eigenvalue weighted by Crippen LogP contribution is -2.53. The first kappa shape index (κ1) is 31.2. The molecule has 2 radical (unpaired) electrons. The van der Waals surface area contributed by atoms with Gasteiger partial charge in [0.2, 0.25) is 0 Å². The Labute approximate surface area is 260 Å². The van der Waals surface area contributed by atoms with Crippen molar-refractivity contribution in [1.82, 2.24) is 10.1 Å². The third-order valence-corrected chi connectivity index (χ3v) is 10.2. The van der Waals surface area contributed by atoms with Crippen LogP contribution in [0.4, 0.5) is 22.7 Å². The molecule has 0 unspecified atom stereocenters. The van der Waals surface area contributed by atoms with Gasteiger partial charge >= 0.3 is 11.7 Å². The summed E-state index contributed by atoms with van der Waals surface area (Å²) in [5, 5.41) is 54.6. The summed E-state index contributed by atoms with van der Waals surface area (Å²) in [5.41, 5.74) is 0.955. The van der Waals surface area contributed by atoms with E-state index >= 15 is 0 Å². The van der Waals surface area contributed by atoms with Crippen molar-refractivity contribution in [3.05, 3.63) is 94.3 Å². The molecule has 0 fully saturated rings. The lowest BCUT2D eigenvalue weighted by molar-refractivity contribution is -0.539. The molecule has 0 atom stereocenters. The lowest BCUT2D eigenvalue weighted by Gasteiger charge is -2.32. The van der Waals surface area contributed by atoms with E-state index in [4.69, 9.17) is 0 Å². The van der Waals surface area contributed by atoms with E-state index in [0.717, 1.165) is 42.4 Å². The summed E-state index contributed by atoms with van der Waals surface area (Å²) in [6, 6.07) is 22.8. The van der Waals surface area contributed by atoms with Crippen LogP contribution in [0.1, 0.15) is 66.5 Å². The maximum absolute atomic E-state index is 13.2. The second kappa shape index (κ2) is 10.1. The number of nitrogens with zero attached hydrogens (tertiary/aromatic N) is 6. The smallest absolute Gasteiger partial charge is 0.316 e. The predicted octanol–water partition coefficient (Wildman–Crippen LogP) is 6.17. The Hall–Kier alpha value is -4.28. The van der Waals surface area contributed by atoms with Gasteiger partial charge in [0.15, 0.2) is 11.1 Å². The minimum Gasteiger partial charge on any atom is -0.714 e. The van der Waals surface area contributed by atoms with Crippen molar-refractivity contribution >= 4 is 34.4 Å². The zero-order valence-electron chi connectivity index (χ0n) is 27.2. The summed E-state index contributed by atoms with van der Waals surface area (Å²) < 4.78 is 1.63. The monoisotopic (exact) mass is 598 g/mol. The van der Waals surface area contributed by atoms with Gasteiger partial charge in [0, 0.05) is 47.3 Å². The molecule has 0 amide bonds. The third kappa shape index (κ3) is 4.38. The molecule has 0 aromatic heterocycles. The van der Waals surface area contributed by atoms with Crippen molar-refractivity contribution in [3.63, 3.8) is 0 Å². The van der Waals surface area contributed by atoms with Crippen LogP contribution >= 0.6 is 0 Å². The summed E-state index contributed by atoms with van der Waals surface area (Å²) in [4.78, 5) is 4.06. The Kier molecular flexibility index (Phi) is 7.18. The van der Waals surface area contributed by atoms with E-state index in [1.54, 1.807) is 79.7 Å². The van der Waals surface area contributed by atoms with E-state index in [1.165, 1.54) is 0 Å². The number of anilines is 4. The molecular weight excluding hydrogens is 556 g/mol. The van der Waals surface area contributed by atoms with Crippen LogP contribution in [0.5, 0.6) is 0 Å². The number of hydrogen-bond acceptors (Lipinski definition) is 6. The predicted molar refractivity (Wildman–Crippen MR) is 172 cm³/mol. The quantitative estimate of drug-likeness (QED) is 0.248. The summed E-state index contributed by atoms with van der Waals surface area (Å²) in [7, 11) is 3.96. The normalized spacial score (nSPS) is 20.0. The molecule has 0 bridgehead atoms. The molecule has 2 aliphatic rings. The molecule has 10 nitrogen and oxygen atoms in total. The highest BCUT2D eigenvalue weighted by atomic mass is 16.5. The van der Waals surface area contributed by atoms with Gasteiger partial charge in [-0.05, 0) is 128 Å².